The number of carbonyl (C=O) groups excluding carboxylic acids is 1. The highest BCUT2D eigenvalue weighted by Crippen LogP contribution is 2.27. The maximum absolute atomic E-state index is 11.7. The van der Waals surface area contributed by atoms with Gasteiger partial charge in [-0.2, -0.15) is 0 Å². The zero-order chi connectivity index (χ0) is 13.1. The summed E-state index contributed by atoms with van der Waals surface area (Å²) in [7, 11) is 1.37. The summed E-state index contributed by atoms with van der Waals surface area (Å²) in [6.45, 7) is 2.78. The van der Waals surface area contributed by atoms with Crippen molar-refractivity contribution in [3.8, 4) is 16.9 Å². The van der Waals surface area contributed by atoms with Crippen LogP contribution in [0.2, 0.25) is 0 Å². The Morgan fingerprint density at radius 2 is 1.94 bits per heavy atom. The topological polar surface area (TPSA) is 51.5 Å². The number of carbonyl (C=O) groups is 1. The van der Waals surface area contributed by atoms with Gasteiger partial charge in [0.25, 0.3) is 0 Å². The van der Waals surface area contributed by atoms with Gasteiger partial charge >= 0.3 is 5.97 Å². The van der Waals surface area contributed by atoms with E-state index in [9.17, 15) is 9.90 Å². The summed E-state index contributed by atoms with van der Waals surface area (Å²) in [6.07, 6.45) is 3.67. The summed E-state index contributed by atoms with van der Waals surface area (Å²) >= 11 is 0. The number of esters is 1. The van der Waals surface area contributed by atoms with Crippen LogP contribution in [0.4, 0.5) is 0 Å². The summed E-state index contributed by atoms with van der Waals surface area (Å²) in [6, 6.07) is 6.74. The number of benzene rings is 1. The fourth-order valence-electron chi connectivity index (χ4n) is 1.83. The second-order valence-corrected chi connectivity index (χ2v) is 3.95. The predicted molar refractivity (Wildman–Crippen MR) is 68.5 cm³/mol. The van der Waals surface area contributed by atoms with E-state index in [2.05, 4.69) is 0 Å². The first-order chi connectivity index (χ1) is 8.65. The molecule has 18 heavy (non-hydrogen) atoms. The highest BCUT2D eigenvalue weighted by molar-refractivity contribution is 5.97. The van der Waals surface area contributed by atoms with Gasteiger partial charge in [0.1, 0.15) is 5.75 Å². The minimum atomic E-state index is -0.356. The standard InChI is InChI=1S/C14H15NO3/c1-3-15-8-12(13(9-15)14(17)18-2)10-4-6-11(16)7-5-10/h4-9,16H,3H2,1-2H3. The highest BCUT2D eigenvalue weighted by atomic mass is 16.5. The van der Waals surface area contributed by atoms with Crippen LogP contribution in [0.1, 0.15) is 17.3 Å². The molecule has 1 heterocycles. The molecule has 0 saturated heterocycles. The van der Waals surface area contributed by atoms with Crippen molar-refractivity contribution in [1.82, 2.24) is 4.57 Å². The van der Waals surface area contributed by atoms with Gasteiger partial charge in [-0.1, -0.05) is 12.1 Å². The molecule has 0 bridgehead atoms. The third-order valence-electron chi connectivity index (χ3n) is 2.83. The van der Waals surface area contributed by atoms with Crippen LogP contribution < -0.4 is 0 Å². The number of aryl methyl sites for hydroxylation is 1. The van der Waals surface area contributed by atoms with Gasteiger partial charge in [0.15, 0.2) is 0 Å². The number of rotatable bonds is 3. The Hall–Kier alpha value is -2.23. The lowest BCUT2D eigenvalue weighted by atomic mass is 10.0. The molecule has 0 spiro atoms. The number of hydrogen-bond acceptors (Lipinski definition) is 3. The molecule has 2 rings (SSSR count). The molecule has 0 aliphatic heterocycles. The number of aromatic hydroxyl groups is 1. The van der Waals surface area contributed by atoms with Gasteiger partial charge < -0.3 is 14.4 Å². The Bertz CT molecular complexity index is 555. The van der Waals surface area contributed by atoms with Crippen molar-refractivity contribution < 1.29 is 14.6 Å². The van der Waals surface area contributed by atoms with E-state index < -0.39 is 0 Å². The van der Waals surface area contributed by atoms with E-state index in [-0.39, 0.29) is 11.7 Å². The van der Waals surface area contributed by atoms with Crippen LogP contribution in [-0.2, 0) is 11.3 Å². The first-order valence-electron chi connectivity index (χ1n) is 5.73. The minimum Gasteiger partial charge on any atom is -0.508 e. The third kappa shape index (κ3) is 2.22. The molecule has 1 N–H and O–H groups in total. The molecular weight excluding hydrogens is 230 g/mol. The third-order valence-corrected chi connectivity index (χ3v) is 2.83. The van der Waals surface area contributed by atoms with Crippen LogP contribution in [0.15, 0.2) is 36.7 Å². The summed E-state index contributed by atoms with van der Waals surface area (Å²) in [5.74, 6) is -0.154. The molecule has 0 radical (unpaired) electrons. The Morgan fingerprint density at radius 3 is 2.50 bits per heavy atom. The maximum atomic E-state index is 11.7. The van der Waals surface area contributed by atoms with E-state index >= 15 is 0 Å². The Balaban J connectivity index is 2.51. The van der Waals surface area contributed by atoms with Gasteiger partial charge in [-0.3, -0.25) is 0 Å². The molecule has 0 unspecified atom stereocenters. The molecule has 0 atom stereocenters. The van der Waals surface area contributed by atoms with Crippen LogP contribution in [0.5, 0.6) is 5.75 Å². The number of hydrogen-bond donors (Lipinski definition) is 1. The molecule has 0 saturated carbocycles. The lowest BCUT2D eigenvalue weighted by Crippen LogP contribution is -2.01. The number of methoxy groups -OCH3 is 1. The quantitative estimate of drug-likeness (QED) is 0.846. The average molecular weight is 245 g/mol. The highest BCUT2D eigenvalue weighted by Gasteiger charge is 2.16. The minimum absolute atomic E-state index is 0.202. The normalized spacial score (nSPS) is 10.3. The van der Waals surface area contributed by atoms with Gasteiger partial charge in [-0.15, -0.1) is 0 Å². The summed E-state index contributed by atoms with van der Waals surface area (Å²) in [5.41, 5.74) is 2.22. The Morgan fingerprint density at radius 1 is 1.28 bits per heavy atom. The second kappa shape index (κ2) is 4.96. The Labute approximate surface area is 105 Å². The van der Waals surface area contributed by atoms with Crippen LogP contribution in [-0.4, -0.2) is 22.8 Å². The molecule has 4 heteroatoms. The van der Waals surface area contributed by atoms with Gasteiger partial charge in [-0.25, -0.2) is 4.79 Å². The molecule has 0 fully saturated rings. The van der Waals surface area contributed by atoms with Crippen LogP contribution >= 0.6 is 0 Å². The van der Waals surface area contributed by atoms with Gasteiger partial charge in [-0.05, 0) is 24.6 Å². The molecule has 1 aromatic carbocycles. The van der Waals surface area contributed by atoms with Crippen molar-refractivity contribution in [2.75, 3.05) is 7.11 Å². The number of ether oxygens (including phenoxy) is 1. The van der Waals surface area contributed by atoms with E-state index in [4.69, 9.17) is 4.74 Å². The van der Waals surface area contributed by atoms with Crippen LogP contribution in [0.25, 0.3) is 11.1 Å². The van der Waals surface area contributed by atoms with Gasteiger partial charge in [0, 0.05) is 24.5 Å². The van der Waals surface area contributed by atoms with Gasteiger partial charge in [0.05, 0.1) is 12.7 Å². The summed E-state index contributed by atoms with van der Waals surface area (Å²) in [4.78, 5) is 11.7. The van der Waals surface area contributed by atoms with E-state index in [1.807, 2.05) is 17.7 Å². The van der Waals surface area contributed by atoms with Crippen molar-refractivity contribution in [1.29, 1.82) is 0 Å². The zero-order valence-electron chi connectivity index (χ0n) is 10.4. The van der Waals surface area contributed by atoms with Crippen molar-refractivity contribution in [2.45, 2.75) is 13.5 Å². The average Bonchev–Trinajstić information content (AvgIpc) is 2.83. The van der Waals surface area contributed by atoms with Gasteiger partial charge in [0.2, 0.25) is 0 Å². The first-order valence-corrected chi connectivity index (χ1v) is 5.73. The lowest BCUT2D eigenvalue weighted by Gasteiger charge is -2.02. The molecule has 1 aromatic heterocycles. The van der Waals surface area contributed by atoms with E-state index in [0.29, 0.717) is 5.56 Å². The van der Waals surface area contributed by atoms with Crippen molar-refractivity contribution in [3.05, 3.63) is 42.2 Å². The van der Waals surface area contributed by atoms with Crippen LogP contribution in [0, 0.1) is 0 Å². The number of aromatic nitrogens is 1. The van der Waals surface area contributed by atoms with Crippen molar-refractivity contribution in [2.24, 2.45) is 0 Å². The zero-order valence-corrected chi connectivity index (χ0v) is 10.4. The predicted octanol–water partition coefficient (Wildman–Crippen LogP) is 2.67. The SMILES string of the molecule is CCn1cc(C(=O)OC)c(-c2ccc(O)cc2)c1. The fourth-order valence-corrected chi connectivity index (χ4v) is 1.83. The largest absolute Gasteiger partial charge is 0.508 e. The number of phenolic OH excluding ortho intramolecular Hbond substituents is 1. The van der Waals surface area contributed by atoms with Crippen molar-refractivity contribution >= 4 is 5.97 Å². The molecule has 2 aromatic rings. The first kappa shape index (κ1) is 12.2. The molecule has 0 aliphatic carbocycles. The second-order valence-electron chi connectivity index (χ2n) is 3.95. The smallest absolute Gasteiger partial charge is 0.340 e. The maximum Gasteiger partial charge on any atom is 0.340 e. The van der Waals surface area contributed by atoms with E-state index in [1.165, 1.54) is 7.11 Å². The number of nitrogens with zero attached hydrogens (tertiary/aromatic N) is 1. The molecule has 0 amide bonds. The molecular formula is C14H15NO3. The summed E-state index contributed by atoms with van der Waals surface area (Å²) in [5, 5.41) is 9.28. The molecule has 4 nitrogen and oxygen atoms in total. The fraction of sp³-hybridized carbons (Fsp3) is 0.214. The van der Waals surface area contributed by atoms with E-state index in [0.717, 1.165) is 17.7 Å². The number of phenols is 1. The monoisotopic (exact) mass is 245 g/mol. The summed E-state index contributed by atoms with van der Waals surface area (Å²) < 4.78 is 6.70. The van der Waals surface area contributed by atoms with Crippen LogP contribution in [0.3, 0.4) is 0 Å². The molecule has 0 aliphatic rings. The molecule has 94 valence electrons. The lowest BCUT2D eigenvalue weighted by molar-refractivity contribution is 0.0601. The van der Waals surface area contributed by atoms with E-state index in [1.54, 1.807) is 30.5 Å². The van der Waals surface area contributed by atoms with Crippen molar-refractivity contribution in [3.63, 3.8) is 0 Å². The Kier molecular flexibility index (Phi) is 3.37.